The van der Waals surface area contributed by atoms with Crippen LogP contribution in [0.25, 0.3) is 5.69 Å². The van der Waals surface area contributed by atoms with E-state index in [9.17, 15) is 0 Å². The van der Waals surface area contributed by atoms with Crippen LogP contribution in [0.2, 0.25) is 5.02 Å². The molecule has 0 aliphatic carbocycles. The number of imidazole rings is 1. The molecular weight excluding hydrogens is 320 g/mol. The third-order valence-electron chi connectivity index (χ3n) is 4.46. The van der Waals surface area contributed by atoms with E-state index in [0.29, 0.717) is 10.8 Å². The number of aryl methyl sites for hydroxylation is 1. The van der Waals surface area contributed by atoms with Crippen LogP contribution in [0, 0.1) is 6.92 Å². The van der Waals surface area contributed by atoms with E-state index in [1.54, 1.807) is 7.11 Å². The van der Waals surface area contributed by atoms with E-state index >= 15 is 0 Å². The predicted octanol–water partition coefficient (Wildman–Crippen LogP) is 5.17. The summed E-state index contributed by atoms with van der Waals surface area (Å²) in [7, 11) is 1.63. The van der Waals surface area contributed by atoms with Gasteiger partial charge in [0, 0.05) is 17.3 Å². The Hall–Kier alpha value is -2.26. The summed E-state index contributed by atoms with van der Waals surface area (Å²) in [5, 5.41) is 0.615. The van der Waals surface area contributed by atoms with Gasteiger partial charge < -0.3 is 9.30 Å². The Morgan fingerprint density at radius 3 is 2.46 bits per heavy atom. The molecule has 2 aromatic carbocycles. The van der Waals surface area contributed by atoms with Crippen molar-refractivity contribution in [3.8, 4) is 11.4 Å². The zero-order chi connectivity index (χ0) is 17.3. The number of ether oxygens (including phenoxy) is 1. The smallest absolute Gasteiger partial charge is 0.137 e. The van der Waals surface area contributed by atoms with E-state index in [1.807, 2.05) is 30.7 Å². The van der Waals surface area contributed by atoms with Crippen molar-refractivity contribution >= 4 is 11.6 Å². The van der Waals surface area contributed by atoms with E-state index < -0.39 is 0 Å². The van der Waals surface area contributed by atoms with Crippen molar-refractivity contribution in [3.05, 3.63) is 76.8 Å². The number of hydrogen-bond acceptors (Lipinski definition) is 2. The molecule has 0 N–H and O–H groups in total. The van der Waals surface area contributed by atoms with Gasteiger partial charge in [0.25, 0.3) is 0 Å². The van der Waals surface area contributed by atoms with Crippen molar-refractivity contribution in [1.29, 1.82) is 0 Å². The fraction of sp³-hybridized carbons (Fsp3) is 0.250. The van der Waals surface area contributed by atoms with Crippen molar-refractivity contribution < 1.29 is 4.74 Å². The van der Waals surface area contributed by atoms with Crippen molar-refractivity contribution in [3.63, 3.8) is 0 Å². The first-order valence-electron chi connectivity index (χ1n) is 7.87. The van der Waals surface area contributed by atoms with E-state index in [4.69, 9.17) is 16.3 Å². The van der Waals surface area contributed by atoms with Gasteiger partial charge in [-0.05, 0) is 36.8 Å². The minimum absolute atomic E-state index is 0.251. The maximum atomic E-state index is 6.17. The Morgan fingerprint density at radius 1 is 1.08 bits per heavy atom. The summed E-state index contributed by atoms with van der Waals surface area (Å²) in [5.41, 5.74) is 4.32. The van der Waals surface area contributed by atoms with Gasteiger partial charge in [-0.3, -0.25) is 0 Å². The monoisotopic (exact) mass is 340 g/mol. The number of methoxy groups -OCH3 is 1. The second-order valence-corrected chi connectivity index (χ2v) is 6.87. The van der Waals surface area contributed by atoms with Gasteiger partial charge in [0.15, 0.2) is 0 Å². The first kappa shape index (κ1) is 16.6. The highest BCUT2D eigenvalue weighted by molar-refractivity contribution is 6.32. The summed E-state index contributed by atoms with van der Waals surface area (Å²) >= 11 is 6.17. The molecule has 0 atom stereocenters. The van der Waals surface area contributed by atoms with E-state index in [2.05, 4.69) is 54.6 Å². The lowest BCUT2D eigenvalue weighted by Crippen LogP contribution is -2.22. The van der Waals surface area contributed by atoms with Crippen LogP contribution in [0.15, 0.2) is 55.0 Å². The fourth-order valence-electron chi connectivity index (χ4n) is 2.87. The fourth-order valence-corrected chi connectivity index (χ4v) is 3.06. The summed E-state index contributed by atoms with van der Waals surface area (Å²) in [4.78, 5) is 4.38. The molecule has 0 aliphatic rings. The van der Waals surface area contributed by atoms with Crippen LogP contribution < -0.4 is 4.74 Å². The minimum atomic E-state index is -0.251. The summed E-state index contributed by atoms with van der Waals surface area (Å²) in [5.74, 6) is 0.684. The van der Waals surface area contributed by atoms with Gasteiger partial charge >= 0.3 is 0 Å². The van der Waals surface area contributed by atoms with Crippen LogP contribution in [0.5, 0.6) is 5.75 Å². The molecule has 0 radical (unpaired) electrons. The van der Waals surface area contributed by atoms with Crippen LogP contribution in [0.4, 0.5) is 0 Å². The summed E-state index contributed by atoms with van der Waals surface area (Å²) in [6.07, 6.45) is 3.77. The second kappa shape index (κ2) is 6.33. The number of aromatic nitrogens is 2. The second-order valence-electron chi connectivity index (χ2n) is 6.46. The van der Waals surface area contributed by atoms with Gasteiger partial charge in [0.2, 0.25) is 0 Å². The van der Waals surface area contributed by atoms with E-state index in [0.717, 1.165) is 16.9 Å². The molecule has 0 saturated heterocycles. The Labute approximate surface area is 147 Å². The molecule has 3 aromatic rings. The van der Waals surface area contributed by atoms with Gasteiger partial charge in [-0.1, -0.05) is 49.2 Å². The normalized spacial score (nSPS) is 11.5. The molecule has 3 rings (SSSR count). The first-order valence-corrected chi connectivity index (χ1v) is 8.25. The van der Waals surface area contributed by atoms with Gasteiger partial charge in [-0.25, -0.2) is 4.98 Å². The van der Waals surface area contributed by atoms with Crippen molar-refractivity contribution in [1.82, 2.24) is 9.55 Å². The number of nitrogens with zero attached hydrogens (tertiary/aromatic N) is 2. The van der Waals surface area contributed by atoms with Crippen LogP contribution in [-0.4, -0.2) is 16.7 Å². The average Bonchev–Trinajstić information content (AvgIpc) is 3.06. The largest absolute Gasteiger partial charge is 0.495 e. The Balaban J connectivity index is 2.08. The molecule has 0 amide bonds. The van der Waals surface area contributed by atoms with Crippen LogP contribution >= 0.6 is 11.6 Å². The van der Waals surface area contributed by atoms with Crippen LogP contribution in [0.1, 0.15) is 30.7 Å². The van der Waals surface area contributed by atoms with Gasteiger partial charge in [-0.2, -0.15) is 0 Å². The quantitative estimate of drug-likeness (QED) is 0.655. The molecule has 24 heavy (non-hydrogen) atoms. The molecule has 0 saturated carbocycles. The topological polar surface area (TPSA) is 27.1 Å². The molecule has 0 spiro atoms. The number of benzene rings is 2. The molecule has 0 fully saturated rings. The summed E-state index contributed by atoms with van der Waals surface area (Å²) < 4.78 is 7.50. The zero-order valence-electron chi connectivity index (χ0n) is 14.4. The molecule has 0 unspecified atom stereocenters. The highest BCUT2D eigenvalue weighted by Crippen LogP contribution is 2.36. The Morgan fingerprint density at radius 2 is 1.79 bits per heavy atom. The predicted molar refractivity (Wildman–Crippen MR) is 98.4 cm³/mol. The summed E-state index contributed by atoms with van der Waals surface area (Å²) in [6, 6.07) is 14.4. The third kappa shape index (κ3) is 2.92. The SMILES string of the molecule is COc1cc(C(C)(C)c2cncn2-c2ccc(C)cc2)ccc1Cl. The lowest BCUT2D eigenvalue weighted by Gasteiger charge is -2.27. The Bertz CT molecular complexity index is 850. The van der Waals surface area contributed by atoms with Crippen molar-refractivity contribution in [2.24, 2.45) is 0 Å². The number of hydrogen-bond donors (Lipinski definition) is 0. The molecule has 124 valence electrons. The average molecular weight is 341 g/mol. The molecule has 0 bridgehead atoms. The minimum Gasteiger partial charge on any atom is -0.495 e. The summed E-state index contributed by atoms with van der Waals surface area (Å²) in [6.45, 7) is 6.44. The van der Waals surface area contributed by atoms with Crippen LogP contribution in [-0.2, 0) is 5.41 Å². The van der Waals surface area contributed by atoms with Crippen LogP contribution in [0.3, 0.4) is 0 Å². The molecule has 1 aromatic heterocycles. The van der Waals surface area contributed by atoms with Crippen molar-refractivity contribution in [2.45, 2.75) is 26.2 Å². The molecular formula is C20H21ClN2O. The van der Waals surface area contributed by atoms with Gasteiger partial charge in [0.05, 0.1) is 24.2 Å². The standard InChI is InChI=1S/C20H21ClN2O/c1-14-5-8-16(9-6-14)23-13-22-12-19(23)20(2,3)15-7-10-17(21)18(11-15)24-4/h5-13H,1-4H3. The maximum Gasteiger partial charge on any atom is 0.137 e. The van der Waals surface area contributed by atoms with Gasteiger partial charge in [0.1, 0.15) is 5.75 Å². The first-order chi connectivity index (χ1) is 11.4. The highest BCUT2D eigenvalue weighted by Gasteiger charge is 2.28. The number of halogens is 1. The lowest BCUT2D eigenvalue weighted by atomic mass is 9.81. The third-order valence-corrected chi connectivity index (χ3v) is 4.78. The zero-order valence-corrected chi connectivity index (χ0v) is 15.1. The number of rotatable bonds is 4. The molecule has 4 heteroatoms. The van der Waals surface area contributed by atoms with Crippen molar-refractivity contribution in [2.75, 3.05) is 7.11 Å². The molecule has 0 aliphatic heterocycles. The maximum absolute atomic E-state index is 6.17. The Kier molecular flexibility index (Phi) is 4.37. The highest BCUT2D eigenvalue weighted by atomic mass is 35.5. The lowest BCUT2D eigenvalue weighted by molar-refractivity contribution is 0.413. The van der Waals surface area contributed by atoms with Gasteiger partial charge in [-0.15, -0.1) is 0 Å². The molecule has 3 nitrogen and oxygen atoms in total. The van der Waals surface area contributed by atoms with E-state index in [1.165, 1.54) is 5.56 Å². The van der Waals surface area contributed by atoms with E-state index in [-0.39, 0.29) is 5.41 Å². The molecule has 1 heterocycles.